The lowest BCUT2D eigenvalue weighted by Crippen LogP contribution is -2.47. The Morgan fingerprint density at radius 2 is 2.10 bits per heavy atom. The number of amides is 1. The summed E-state index contributed by atoms with van der Waals surface area (Å²) in [5, 5.41) is 3.27. The summed E-state index contributed by atoms with van der Waals surface area (Å²) in [6.07, 6.45) is 2.06. The fourth-order valence-electron chi connectivity index (χ4n) is 2.69. The van der Waals surface area contributed by atoms with Crippen LogP contribution in [0.1, 0.15) is 5.82 Å². The molecule has 1 aliphatic heterocycles. The van der Waals surface area contributed by atoms with E-state index in [0.29, 0.717) is 6.54 Å². The van der Waals surface area contributed by atoms with Crippen LogP contribution >= 0.6 is 11.8 Å². The summed E-state index contributed by atoms with van der Waals surface area (Å²) in [7, 11) is 0. The van der Waals surface area contributed by atoms with Crippen LogP contribution in [0.2, 0.25) is 0 Å². The van der Waals surface area contributed by atoms with Crippen molar-refractivity contribution >= 4 is 28.7 Å². The third-order valence-corrected chi connectivity index (χ3v) is 4.32. The van der Waals surface area contributed by atoms with Crippen molar-refractivity contribution in [3.63, 3.8) is 0 Å². The third kappa shape index (κ3) is 3.06. The zero-order valence-electron chi connectivity index (χ0n) is 12.2. The van der Waals surface area contributed by atoms with E-state index in [2.05, 4.69) is 21.1 Å². The van der Waals surface area contributed by atoms with Gasteiger partial charge < -0.3 is 14.8 Å². The first-order chi connectivity index (χ1) is 10.3. The summed E-state index contributed by atoms with van der Waals surface area (Å²) in [5.41, 5.74) is 2.01. The van der Waals surface area contributed by atoms with E-state index in [1.54, 1.807) is 11.8 Å². The smallest absolute Gasteiger partial charge is 0.242 e. The number of fused-ring (bicyclic) bond motifs is 1. The Balaban J connectivity index is 1.87. The summed E-state index contributed by atoms with van der Waals surface area (Å²) in [4.78, 5) is 19.1. The van der Waals surface area contributed by atoms with Gasteiger partial charge in [0.2, 0.25) is 5.91 Å². The van der Waals surface area contributed by atoms with Crippen LogP contribution in [0.15, 0.2) is 24.3 Å². The molecule has 2 heterocycles. The molecule has 1 N–H and O–H groups in total. The van der Waals surface area contributed by atoms with Crippen molar-refractivity contribution in [1.82, 2.24) is 19.8 Å². The monoisotopic (exact) mass is 304 g/mol. The van der Waals surface area contributed by atoms with Gasteiger partial charge >= 0.3 is 0 Å². The van der Waals surface area contributed by atoms with Gasteiger partial charge in [0.15, 0.2) is 0 Å². The standard InChI is InChI=1S/C15H20N4OS/c1-21-11-14-17-12-4-2-3-5-13(12)19(14)10-15(20)18-8-6-16-7-9-18/h2-5,16H,6-11H2,1H3. The molecule has 2 aromatic rings. The second-order valence-electron chi connectivity index (χ2n) is 5.17. The highest BCUT2D eigenvalue weighted by molar-refractivity contribution is 7.97. The molecule has 0 saturated carbocycles. The van der Waals surface area contributed by atoms with Crippen LogP contribution in [0.5, 0.6) is 0 Å². The van der Waals surface area contributed by atoms with Crippen molar-refractivity contribution in [2.45, 2.75) is 12.3 Å². The maximum Gasteiger partial charge on any atom is 0.242 e. The molecule has 0 unspecified atom stereocenters. The van der Waals surface area contributed by atoms with Crippen LogP contribution in [-0.4, -0.2) is 52.8 Å². The van der Waals surface area contributed by atoms with E-state index in [4.69, 9.17) is 0 Å². The first kappa shape index (κ1) is 14.4. The normalized spacial score (nSPS) is 15.6. The zero-order valence-corrected chi connectivity index (χ0v) is 13.0. The largest absolute Gasteiger partial charge is 0.339 e. The molecule has 0 bridgehead atoms. The average molecular weight is 304 g/mol. The van der Waals surface area contributed by atoms with Gasteiger partial charge in [-0.3, -0.25) is 4.79 Å². The van der Waals surface area contributed by atoms with Crippen LogP contribution in [0, 0.1) is 0 Å². The van der Waals surface area contributed by atoms with Gasteiger partial charge in [-0.1, -0.05) is 12.1 Å². The fraction of sp³-hybridized carbons (Fsp3) is 0.467. The highest BCUT2D eigenvalue weighted by Crippen LogP contribution is 2.19. The van der Waals surface area contributed by atoms with E-state index in [0.717, 1.165) is 48.8 Å². The van der Waals surface area contributed by atoms with Gasteiger partial charge in [0.1, 0.15) is 12.4 Å². The van der Waals surface area contributed by atoms with Crippen molar-refractivity contribution in [1.29, 1.82) is 0 Å². The van der Waals surface area contributed by atoms with Gasteiger partial charge in [0.25, 0.3) is 0 Å². The van der Waals surface area contributed by atoms with E-state index in [1.807, 2.05) is 29.2 Å². The van der Waals surface area contributed by atoms with Crippen LogP contribution in [-0.2, 0) is 17.1 Å². The van der Waals surface area contributed by atoms with Crippen molar-refractivity contribution in [3.8, 4) is 0 Å². The number of piperazine rings is 1. The molecular formula is C15H20N4OS. The fourth-order valence-corrected chi connectivity index (χ4v) is 3.17. The number of rotatable bonds is 4. The first-order valence-electron chi connectivity index (χ1n) is 7.21. The highest BCUT2D eigenvalue weighted by Gasteiger charge is 2.19. The Kier molecular flexibility index (Phi) is 4.45. The maximum absolute atomic E-state index is 12.5. The van der Waals surface area contributed by atoms with Crippen LogP contribution in [0.3, 0.4) is 0 Å². The summed E-state index contributed by atoms with van der Waals surface area (Å²) >= 11 is 1.73. The Bertz CT molecular complexity index is 634. The number of thioether (sulfide) groups is 1. The van der Waals surface area contributed by atoms with Crippen molar-refractivity contribution in [2.24, 2.45) is 0 Å². The summed E-state index contributed by atoms with van der Waals surface area (Å²) in [5.74, 6) is 1.98. The predicted molar refractivity (Wildman–Crippen MR) is 86.4 cm³/mol. The van der Waals surface area contributed by atoms with Crippen molar-refractivity contribution in [3.05, 3.63) is 30.1 Å². The lowest BCUT2D eigenvalue weighted by molar-refractivity contribution is -0.132. The van der Waals surface area contributed by atoms with Crippen molar-refractivity contribution in [2.75, 3.05) is 32.4 Å². The minimum absolute atomic E-state index is 0.182. The summed E-state index contributed by atoms with van der Waals surface area (Å²) in [6.45, 7) is 3.74. The first-order valence-corrected chi connectivity index (χ1v) is 8.60. The summed E-state index contributed by atoms with van der Waals surface area (Å²) < 4.78 is 2.07. The molecule has 1 aromatic heterocycles. The van der Waals surface area contributed by atoms with Gasteiger partial charge in [-0.25, -0.2) is 4.98 Å². The number of nitrogens with one attached hydrogen (secondary N) is 1. The number of carbonyl (C=O) groups excluding carboxylic acids is 1. The second-order valence-corrected chi connectivity index (χ2v) is 6.03. The number of imidazole rings is 1. The third-order valence-electron chi connectivity index (χ3n) is 3.77. The van der Waals surface area contributed by atoms with Gasteiger partial charge in [0.05, 0.1) is 16.8 Å². The molecule has 1 aromatic carbocycles. The minimum Gasteiger partial charge on any atom is -0.339 e. The van der Waals surface area contributed by atoms with Crippen LogP contribution in [0.4, 0.5) is 0 Å². The van der Waals surface area contributed by atoms with Gasteiger partial charge in [-0.2, -0.15) is 11.8 Å². The summed E-state index contributed by atoms with van der Waals surface area (Å²) in [6, 6.07) is 8.03. The average Bonchev–Trinajstić information content (AvgIpc) is 2.86. The van der Waals surface area contributed by atoms with E-state index >= 15 is 0 Å². The molecule has 1 saturated heterocycles. The lowest BCUT2D eigenvalue weighted by Gasteiger charge is -2.27. The van der Waals surface area contributed by atoms with Crippen molar-refractivity contribution < 1.29 is 4.79 Å². The van der Waals surface area contributed by atoms with E-state index in [9.17, 15) is 4.79 Å². The lowest BCUT2D eigenvalue weighted by atomic mass is 10.3. The molecule has 5 nitrogen and oxygen atoms in total. The zero-order chi connectivity index (χ0) is 14.7. The Morgan fingerprint density at radius 1 is 1.33 bits per heavy atom. The number of carbonyl (C=O) groups is 1. The molecule has 21 heavy (non-hydrogen) atoms. The minimum atomic E-state index is 0.182. The second kappa shape index (κ2) is 6.49. The highest BCUT2D eigenvalue weighted by atomic mass is 32.2. The molecular weight excluding hydrogens is 284 g/mol. The van der Waals surface area contributed by atoms with E-state index in [1.165, 1.54) is 0 Å². The molecule has 112 valence electrons. The Hall–Kier alpha value is -1.53. The Labute approximate surface area is 128 Å². The molecule has 1 amide bonds. The topological polar surface area (TPSA) is 50.2 Å². The quantitative estimate of drug-likeness (QED) is 0.926. The number of para-hydroxylation sites is 2. The molecule has 3 rings (SSSR count). The molecule has 0 atom stereocenters. The van der Waals surface area contributed by atoms with E-state index in [-0.39, 0.29) is 5.91 Å². The number of hydrogen-bond acceptors (Lipinski definition) is 4. The number of hydrogen-bond donors (Lipinski definition) is 1. The molecule has 6 heteroatoms. The molecule has 0 aliphatic carbocycles. The van der Waals surface area contributed by atoms with Crippen LogP contribution < -0.4 is 5.32 Å². The predicted octanol–water partition coefficient (Wildman–Crippen LogP) is 1.33. The SMILES string of the molecule is CSCc1nc2ccccc2n1CC(=O)N1CCNCC1. The number of aromatic nitrogens is 2. The molecule has 0 radical (unpaired) electrons. The van der Waals surface area contributed by atoms with E-state index < -0.39 is 0 Å². The van der Waals surface area contributed by atoms with Crippen LogP contribution in [0.25, 0.3) is 11.0 Å². The van der Waals surface area contributed by atoms with Gasteiger partial charge in [-0.05, 0) is 18.4 Å². The maximum atomic E-state index is 12.5. The molecule has 1 fully saturated rings. The van der Waals surface area contributed by atoms with Gasteiger partial charge in [-0.15, -0.1) is 0 Å². The molecule has 0 spiro atoms. The Morgan fingerprint density at radius 3 is 2.86 bits per heavy atom. The molecule has 1 aliphatic rings. The van der Waals surface area contributed by atoms with Gasteiger partial charge in [0, 0.05) is 26.2 Å². The number of nitrogens with zero attached hydrogens (tertiary/aromatic N) is 3. The number of benzene rings is 1.